The van der Waals surface area contributed by atoms with E-state index in [1.165, 1.54) is 4.31 Å². The summed E-state index contributed by atoms with van der Waals surface area (Å²) in [7, 11) is -3.67. The van der Waals surface area contributed by atoms with Crippen LogP contribution in [0.25, 0.3) is 5.69 Å². The van der Waals surface area contributed by atoms with E-state index in [0.717, 1.165) is 32.4 Å². The number of likely N-dealkylation sites (tertiary alicyclic amines) is 1. The lowest BCUT2D eigenvalue weighted by molar-refractivity contribution is 0.0675. The highest BCUT2D eigenvalue weighted by Gasteiger charge is 2.36. The largest absolute Gasteiger partial charge is 0.337 e. The molecule has 0 spiro atoms. The van der Waals surface area contributed by atoms with Crippen LogP contribution in [0.2, 0.25) is 0 Å². The van der Waals surface area contributed by atoms with Gasteiger partial charge >= 0.3 is 0 Å². The molecule has 0 radical (unpaired) electrons. The highest BCUT2D eigenvalue weighted by molar-refractivity contribution is 7.89. The molecule has 1 amide bonds. The van der Waals surface area contributed by atoms with Gasteiger partial charge in [-0.2, -0.15) is 4.31 Å². The van der Waals surface area contributed by atoms with Crippen LogP contribution in [0.15, 0.2) is 35.5 Å². The first-order valence-corrected chi connectivity index (χ1v) is 12.2. The summed E-state index contributed by atoms with van der Waals surface area (Å²) in [5.41, 5.74) is 1.57. The van der Waals surface area contributed by atoms with Crippen molar-refractivity contribution in [2.24, 2.45) is 11.8 Å². The summed E-state index contributed by atoms with van der Waals surface area (Å²) in [6, 6.07) is 6.97. The molecule has 2 aliphatic heterocycles. The quantitative estimate of drug-likeness (QED) is 0.746. The summed E-state index contributed by atoms with van der Waals surface area (Å²) < 4.78 is 30.1. The third kappa shape index (κ3) is 3.78. The molecule has 0 saturated carbocycles. The summed E-state index contributed by atoms with van der Waals surface area (Å²) >= 11 is 0. The summed E-state index contributed by atoms with van der Waals surface area (Å²) in [5, 5.41) is 0. The predicted molar refractivity (Wildman–Crippen MR) is 115 cm³/mol. The topological polar surface area (TPSA) is 75.5 Å². The standard InChI is InChI=1S/C22H30N4O3S/c1-16(2)10-12-25-14-19-21(22(27)24-11-6-7-17(3)13-24)23-15-26(19)18-8-4-5-9-20(18)30(25,28)29/h4-5,8-9,15-17H,6-7,10-14H2,1-3H3/t17-/m0/s1. The van der Waals surface area contributed by atoms with Gasteiger partial charge in [-0.25, -0.2) is 13.4 Å². The number of sulfonamides is 1. The van der Waals surface area contributed by atoms with Gasteiger partial charge in [-0.3, -0.25) is 9.36 Å². The van der Waals surface area contributed by atoms with Crippen LogP contribution >= 0.6 is 0 Å². The van der Waals surface area contributed by atoms with E-state index < -0.39 is 10.0 Å². The van der Waals surface area contributed by atoms with Crippen molar-refractivity contribution in [3.05, 3.63) is 42.0 Å². The number of imidazole rings is 1. The van der Waals surface area contributed by atoms with Crippen molar-refractivity contribution in [1.82, 2.24) is 18.8 Å². The lowest BCUT2D eigenvalue weighted by Crippen LogP contribution is -2.40. The predicted octanol–water partition coefficient (Wildman–Crippen LogP) is 3.29. The van der Waals surface area contributed by atoms with Crippen molar-refractivity contribution >= 4 is 15.9 Å². The number of nitrogens with zero attached hydrogens (tertiary/aromatic N) is 4. The van der Waals surface area contributed by atoms with Crippen LogP contribution in [0.4, 0.5) is 0 Å². The van der Waals surface area contributed by atoms with Gasteiger partial charge in [-0.1, -0.05) is 32.9 Å². The molecule has 162 valence electrons. The summed E-state index contributed by atoms with van der Waals surface area (Å²) in [6.45, 7) is 8.31. The zero-order valence-corrected chi connectivity index (χ0v) is 18.7. The maximum atomic E-state index is 13.4. The normalized spacial score (nSPS) is 21.2. The van der Waals surface area contributed by atoms with E-state index in [2.05, 4.69) is 25.8 Å². The van der Waals surface area contributed by atoms with Gasteiger partial charge in [0.1, 0.15) is 11.2 Å². The zero-order chi connectivity index (χ0) is 21.5. The molecule has 1 aromatic heterocycles. The monoisotopic (exact) mass is 430 g/mol. The van der Waals surface area contributed by atoms with Gasteiger partial charge in [0.15, 0.2) is 5.69 Å². The fourth-order valence-corrected chi connectivity index (χ4v) is 5.90. The number of hydrogen-bond donors (Lipinski definition) is 0. The van der Waals surface area contributed by atoms with Gasteiger partial charge in [0.05, 0.1) is 17.9 Å². The van der Waals surface area contributed by atoms with E-state index in [0.29, 0.717) is 35.5 Å². The van der Waals surface area contributed by atoms with Crippen molar-refractivity contribution in [2.45, 2.75) is 51.5 Å². The molecule has 3 heterocycles. The number of para-hydroxylation sites is 1. The highest BCUT2D eigenvalue weighted by Crippen LogP contribution is 2.32. The third-order valence-corrected chi connectivity index (χ3v) is 7.93. The Labute approximate surface area is 178 Å². The first kappa shape index (κ1) is 21.1. The minimum atomic E-state index is -3.67. The molecule has 2 aromatic rings. The molecule has 0 unspecified atom stereocenters. The Bertz CT molecular complexity index is 1040. The van der Waals surface area contributed by atoms with Crippen molar-refractivity contribution < 1.29 is 13.2 Å². The van der Waals surface area contributed by atoms with Crippen LogP contribution in [-0.4, -0.2) is 52.7 Å². The fraction of sp³-hybridized carbons (Fsp3) is 0.545. The Morgan fingerprint density at radius 2 is 2.03 bits per heavy atom. The maximum Gasteiger partial charge on any atom is 0.274 e. The first-order valence-electron chi connectivity index (χ1n) is 10.7. The van der Waals surface area contributed by atoms with E-state index in [-0.39, 0.29) is 17.3 Å². The molecule has 1 aromatic carbocycles. The van der Waals surface area contributed by atoms with Crippen molar-refractivity contribution in [1.29, 1.82) is 0 Å². The minimum Gasteiger partial charge on any atom is -0.337 e. The van der Waals surface area contributed by atoms with E-state index in [1.807, 2.05) is 11.0 Å². The number of piperidine rings is 1. The van der Waals surface area contributed by atoms with E-state index in [1.54, 1.807) is 29.1 Å². The molecule has 7 nitrogen and oxygen atoms in total. The highest BCUT2D eigenvalue weighted by atomic mass is 32.2. The average Bonchev–Trinajstić information content (AvgIpc) is 3.10. The Kier molecular flexibility index (Phi) is 5.72. The molecule has 1 fully saturated rings. The van der Waals surface area contributed by atoms with Crippen molar-refractivity contribution in [3.8, 4) is 5.69 Å². The molecular formula is C22H30N4O3S. The number of rotatable bonds is 4. The van der Waals surface area contributed by atoms with Gasteiger partial charge in [-0.05, 0) is 43.2 Å². The maximum absolute atomic E-state index is 13.4. The Balaban J connectivity index is 1.78. The van der Waals surface area contributed by atoms with Crippen molar-refractivity contribution in [3.63, 3.8) is 0 Å². The van der Waals surface area contributed by atoms with Crippen LogP contribution in [0.1, 0.15) is 56.2 Å². The van der Waals surface area contributed by atoms with E-state index in [4.69, 9.17) is 0 Å². The number of carbonyl (C=O) groups excluding carboxylic acids is 1. The summed E-state index contributed by atoms with van der Waals surface area (Å²) in [4.78, 5) is 19.9. The average molecular weight is 431 g/mol. The van der Waals surface area contributed by atoms with Crippen LogP contribution < -0.4 is 0 Å². The van der Waals surface area contributed by atoms with Gasteiger partial charge in [-0.15, -0.1) is 0 Å². The number of hydrogen-bond acceptors (Lipinski definition) is 4. The second kappa shape index (κ2) is 8.15. The van der Waals surface area contributed by atoms with Gasteiger partial charge in [0, 0.05) is 19.6 Å². The lowest BCUT2D eigenvalue weighted by atomic mass is 10.00. The molecule has 0 bridgehead atoms. The number of benzene rings is 1. The van der Waals surface area contributed by atoms with E-state index >= 15 is 0 Å². The van der Waals surface area contributed by atoms with Crippen LogP contribution in [0.5, 0.6) is 0 Å². The first-order chi connectivity index (χ1) is 14.3. The van der Waals surface area contributed by atoms with Crippen LogP contribution in [0.3, 0.4) is 0 Å². The molecule has 4 rings (SSSR count). The Morgan fingerprint density at radius 1 is 1.27 bits per heavy atom. The molecule has 1 saturated heterocycles. The molecule has 8 heteroatoms. The number of carbonyl (C=O) groups is 1. The fourth-order valence-electron chi connectivity index (χ4n) is 4.30. The number of fused-ring (bicyclic) bond motifs is 3. The zero-order valence-electron chi connectivity index (χ0n) is 17.9. The van der Waals surface area contributed by atoms with Crippen LogP contribution in [-0.2, 0) is 16.6 Å². The second-order valence-corrected chi connectivity index (χ2v) is 10.8. The third-order valence-electron chi connectivity index (χ3n) is 6.04. The molecule has 0 N–H and O–H groups in total. The number of amides is 1. The summed E-state index contributed by atoms with van der Waals surface area (Å²) in [6.07, 6.45) is 4.46. The van der Waals surface area contributed by atoms with Gasteiger partial charge in [0.25, 0.3) is 5.91 Å². The molecular weight excluding hydrogens is 400 g/mol. The van der Waals surface area contributed by atoms with E-state index in [9.17, 15) is 13.2 Å². The minimum absolute atomic E-state index is 0.101. The number of aromatic nitrogens is 2. The SMILES string of the molecule is CC(C)CCN1Cc2c(C(=O)N3CCC[C@H](C)C3)ncn2-c2ccccc2S1(=O)=O. The van der Waals surface area contributed by atoms with Crippen LogP contribution in [0, 0.1) is 11.8 Å². The van der Waals surface area contributed by atoms with Gasteiger partial charge in [0.2, 0.25) is 10.0 Å². The Hall–Kier alpha value is -2.19. The van der Waals surface area contributed by atoms with Gasteiger partial charge < -0.3 is 4.90 Å². The summed E-state index contributed by atoms with van der Waals surface area (Å²) in [5.74, 6) is 0.739. The lowest BCUT2D eigenvalue weighted by Gasteiger charge is -2.30. The van der Waals surface area contributed by atoms with Crippen molar-refractivity contribution in [2.75, 3.05) is 19.6 Å². The smallest absolute Gasteiger partial charge is 0.274 e. The second-order valence-electron chi connectivity index (χ2n) is 8.90. The molecule has 1 atom stereocenters. The Morgan fingerprint density at radius 3 is 2.77 bits per heavy atom. The molecule has 30 heavy (non-hydrogen) atoms. The molecule has 0 aliphatic carbocycles. The molecule has 2 aliphatic rings.